The van der Waals surface area contributed by atoms with Crippen LogP contribution in [0.3, 0.4) is 0 Å². The molecule has 2 atom stereocenters. The number of carbonyl (C=O) groups is 4. The Kier molecular flexibility index (Phi) is 8.49. The summed E-state index contributed by atoms with van der Waals surface area (Å²) in [4.78, 5) is 48.3. The maximum Gasteiger partial charge on any atom is 0.328 e. The van der Waals surface area contributed by atoms with Gasteiger partial charge in [-0.1, -0.05) is 13.0 Å². The minimum absolute atomic E-state index is 0.158. The molecule has 8 nitrogen and oxygen atoms in total. The van der Waals surface area contributed by atoms with Gasteiger partial charge in [0.25, 0.3) is 0 Å². The van der Waals surface area contributed by atoms with E-state index in [0.29, 0.717) is 0 Å². The minimum Gasteiger partial charge on any atom is -0.468 e. The molecule has 0 saturated heterocycles. The molecule has 1 amide bonds. The van der Waals surface area contributed by atoms with Gasteiger partial charge in [-0.05, 0) is 17.7 Å². The van der Waals surface area contributed by atoms with Gasteiger partial charge in [0.1, 0.15) is 6.04 Å². The first-order valence-corrected chi connectivity index (χ1v) is 8.13. The maximum atomic E-state index is 13.3. The number of hydrogen-bond donors (Lipinski definition) is 1. The Morgan fingerprint density at radius 2 is 1.46 bits per heavy atom. The number of halogens is 2. The third kappa shape index (κ3) is 5.73. The summed E-state index contributed by atoms with van der Waals surface area (Å²) in [6.07, 6.45) is -0.376. The molecule has 0 aliphatic heterocycles. The average Bonchev–Trinajstić information content (AvgIpc) is 2.67. The first kappa shape index (κ1) is 23.0. The summed E-state index contributed by atoms with van der Waals surface area (Å²) in [6.45, 7) is 1.36. The zero-order valence-electron chi connectivity index (χ0n) is 15.8. The Hall–Kier alpha value is -3.04. The van der Waals surface area contributed by atoms with Crippen molar-refractivity contribution in [1.29, 1.82) is 0 Å². The smallest absolute Gasteiger partial charge is 0.328 e. The highest BCUT2D eigenvalue weighted by molar-refractivity contribution is 5.96. The number of ether oxygens (including phenoxy) is 3. The number of esters is 3. The van der Waals surface area contributed by atoms with Crippen LogP contribution >= 0.6 is 0 Å². The molecule has 1 N–H and O–H groups in total. The summed E-state index contributed by atoms with van der Waals surface area (Å²) in [7, 11) is 3.18. The van der Waals surface area contributed by atoms with Gasteiger partial charge in [-0.2, -0.15) is 0 Å². The van der Waals surface area contributed by atoms with Gasteiger partial charge >= 0.3 is 17.9 Å². The van der Waals surface area contributed by atoms with Crippen LogP contribution in [0.4, 0.5) is 8.78 Å². The van der Waals surface area contributed by atoms with E-state index in [1.807, 2.05) is 0 Å². The second-order valence-corrected chi connectivity index (χ2v) is 5.88. The minimum atomic E-state index is -1.50. The zero-order valence-corrected chi connectivity index (χ0v) is 15.8. The molecule has 28 heavy (non-hydrogen) atoms. The van der Waals surface area contributed by atoms with E-state index in [1.165, 1.54) is 13.0 Å². The van der Waals surface area contributed by atoms with Crippen molar-refractivity contribution < 1.29 is 42.2 Å². The Labute approximate surface area is 160 Å². The van der Waals surface area contributed by atoms with Crippen LogP contribution in [0, 0.1) is 23.5 Å². The van der Waals surface area contributed by atoms with Gasteiger partial charge < -0.3 is 19.5 Å². The van der Waals surface area contributed by atoms with Gasteiger partial charge in [0.2, 0.25) is 5.91 Å². The van der Waals surface area contributed by atoms with E-state index in [1.54, 1.807) is 0 Å². The third-order valence-electron chi connectivity index (χ3n) is 4.08. The molecule has 1 aromatic carbocycles. The highest BCUT2D eigenvalue weighted by atomic mass is 19.2. The van der Waals surface area contributed by atoms with Crippen LogP contribution in [0.5, 0.6) is 0 Å². The van der Waals surface area contributed by atoms with Crippen molar-refractivity contribution in [2.75, 3.05) is 21.3 Å². The molecule has 0 aromatic heterocycles. The zero-order chi connectivity index (χ0) is 21.4. The molecule has 0 spiro atoms. The van der Waals surface area contributed by atoms with Crippen molar-refractivity contribution in [3.63, 3.8) is 0 Å². The molecule has 0 aliphatic carbocycles. The second-order valence-electron chi connectivity index (χ2n) is 5.88. The highest BCUT2D eigenvalue weighted by Gasteiger charge is 2.42. The van der Waals surface area contributed by atoms with Gasteiger partial charge in [0.05, 0.1) is 27.8 Å². The van der Waals surface area contributed by atoms with E-state index in [-0.39, 0.29) is 12.0 Å². The fourth-order valence-electron chi connectivity index (χ4n) is 2.56. The average molecular weight is 401 g/mol. The molecule has 0 bridgehead atoms. The summed E-state index contributed by atoms with van der Waals surface area (Å²) in [6, 6.07) is 1.52. The lowest BCUT2D eigenvalue weighted by Gasteiger charge is -2.27. The topological polar surface area (TPSA) is 108 Å². The van der Waals surface area contributed by atoms with Crippen LogP contribution in [0.15, 0.2) is 18.2 Å². The fraction of sp³-hybridized carbons (Fsp3) is 0.444. The van der Waals surface area contributed by atoms with Gasteiger partial charge in [0, 0.05) is 5.92 Å². The maximum absolute atomic E-state index is 13.3. The summed E-state index contributed by atoms with van der Waals surface area (Å²) in [5, 5.41) is 2.34. The SMILES string of the molecule is COC(=O)C(C(=O)OC)[C@H](C)[C@@H](NC(=O)Cc1ccc(F)c(F)c1)C(=O)OC. The molecule has 0 fully saturated rings. The Balaban J connectivity index is 3.04. The molecule has 154 valence electrons. The van der Waals surface area contributed by atoms with Crippen LogP contribution in [-0.4, -0.2) is 51.2 Å². The standard InChI is InChI=1S/C18H21F2NO7/c1-9(14(16(23)26-2)17(24)27-3)15(18(25)28-4)21-13(22)8-10-5-6-11(19)12(20)7-10/h5-7,9,14-15H,8H2,1-4H3,(H,21,22)/t9-,15+/m0/s1. The number of amides is 1. The molecule has 0 aliphatic rings. The van der Waals surface area contributed by atoms with Crippen molar-refractivity contribution in [1.82, 2.24) is 5.32 Å². The largest absolute Gasteiger partial charge is 0.468 e. The normalized spacial score (nSPS) is 12.7. The second kappa shape index (κ2) is 10.3. The molecular weight excluding hydrogens is 380 g/mol. The number of benzene rings is 1. The van der Waals surface area contributed by atoms with Crippen molar-refractivity contribution in [2.24, 2.45) is 11.8 Å². The van der Waals surface area contributed by atoms with E-state index in [4.69, 9.17) is 0 Å². The predicted octanol–water partition coefficient (Wildman–Crippen LogP) is 0.763. The van der Waals surface area contributed by atoms with Crippen molar-refractivity contribution >= 4 is 23.8 Å². The Morgan fingerprint density at radius 3 is 1.93 bits per heavy atom. The predicted molar refractivity (Wildman–Crippen MR) is 90.7 cm³/mol. The lowest BCUT2D eigenvalue weighted by molar-refractivity contribution is -0.163. The fourth-order valence-corrected chi connectivity index (χ4v) is 2.56. The first-order valence-electron chi connectivity index (χ1n) is 8.13. The van der Waals surface area contributed by atoms with Crippen molar-refractivity contribution in [3.8, 4) is 0 Å². The van der Waals surface area contributed by atoms with E-state index >= 15 is 0 Å². The molecule has 1 rings (SSSR count). The molecule has 10 heteroatoms. The van der Waals surface area contributed by atoms with Crippen LogP contribution in [-0.2, 0) is 39.8 Å². The summed E-state index contributed by atoms with van der Waals surface area (Å²) < 4.78 is 40.0. The number of methoxy groups -OCH3 is 3. The van der Waals surface area contributed by atoms with E-state index in [2.05, 4.69) is 19.5 Å². The van der Waals surface area contributed by atoms with Gasteiger partial charge in [0.15, 0.2) is 17.6 Å². The third-order valence-corrected chi connectivity index (χ3v) is 4.08. The van der Waals surface area contributed by atoms with E-state index in [9.17, 15) is 28.0 Å². The van der Waals surface area contributed by atoms with Crippen LogP contribution in [0.2, 0.25) is 0 Å². The molecule has 0 unspecified atom stereocenters. The van der Waals surface area contributed by atoms with Crippen molar-refractivity contribution in [3.05, 3.63) is 35.4 Å². The number of carbonyl (C=O) groups excluding carboxylic acids is 4. The van der Waals surface area contributed by atoms with Gasteiger partial charge in [-0.3, -0.25) is 14.4 Å². The quantitative estimate of drug-likeness (QED) is 0.389. The monoisotopic (exact) mass is 401 g/mol. The molecule has 0 radical (unpaired) electrons. The van der Waals surface area contributed by atoms with E-state index in [0.717, 1.165) is 33.5 Å². The van der Waals surface area contributed by atoms with Crippen LogP contribution in [0.1, 0.15) is 12.5 Å². The van der Waals surface area contributed by atoms with Crippen LogP contribution < -0.4 is 5.32 Å². The Morgan fingerprint density at radius 1 is 0.929 bits per heavy atom. The lowest BCUT2D eigenvalue weighted by Crippen LogP contribution is -2.51. The lowest BCUT2D eigenvalue weighted by atomic mass is 9.87. The van der Waals surface area contributed by atoms with Crippen LogP contribution in [0.25, 0.3) is 0 Å². The molecule has 1 aromatic rings. The van der Waals surface area contributed by atoms with Gasteiger partial charge in [-0.25, -0.2) is 13.6 Å². The first-order chi connectivity index (χ1) is 13.2. The summed E-state index contributed by atoms with van der Waals surface area (Å²) in [5.41, 5.74) is 0.158. The number of nitrogens with one attached hydrogen (secondary N) is 1. The Bertz CT molecular complexity index is 737. The summed E-state index contributed by atoms with van der Waals surface area (Å²) in [5.74, 6) is -8.33. The highest BCUT2D eigenvalue weighted by Crippen LogP contribution is 2.21. The number of hydrogen-bond acceptors (Lipinski definition) is 7. The van der Waals surface area contributed by atoms with E-state index < -0.39 is 53.3 Å². The summed E-state index contributed by atoms with van der Waals surface area (Å²) >= 11 is 0. The van der Waals surface area contributed by atoms with Crippen molar-refractivity contribution in [2.45, 2.75) is 19.4 Å². The number of rotatable bonds is 8. The molecule has 0 heterocycles. The molecule has 0 saturated carbocycles. The van der Waals surface area contributed by atoms with Gasteiger partial charge in [-0.15, -0.1) is 0 Å². The molecular formula is C18H21F2NO7.